The van der Waals surface area contributed by atoms with Crippen molar-refractivity contribution in [2.45, 2.75) is 25.3 Å². The Hall–Kier alpha value is -1.17. The third kappa shape index (κ3) is 6.86. The summed E-state index contributed by atoms with van der Waals surface area (Å²) in [5, 5.41) is 8.31. The first kappa shape index (κ1) is 22.9. The van der Waals surface area contributed by atoms with Crippen LogP contribution in [0.3, 0.4) is 0 Å². The molecule has 9 heteroatoms. The van der Waals surface area contributed by atoms with Crippen LogP contribution < -0.4 is 15.4 Å². The van der Waals surface area contributed by atoms with Gasteiger partial charge in [0.05, 0.1) is 11.4 Å². The Balaban J connectivity index is 0.00000338. The van der Waals surface area contributed by atoms with Gasteiger partial charge in [-0.05, 0) is 42.5 Å². The molecule has 0 spiro atoms. The van der Waals surface area contributed by atoms with Gasteiger partial charge in [-0.3, -0.25) is 4.99 Å². The number of nitrogens with zero attached hydrogens (tertiary/aromatic N) is 1. The van der Waals surface area contributed by atoms with E-state index in [2.05, 4.69) is 20.3 Å². The maximum atomic E-state index is 12.4. The first-order valence-corrected chi connectivity index (χ1v) is 10.3. The van der Waals surface area contributed by atoms with Crippen molar-refractivity contribution in [3.63, 3.8) is 0 Å². The topological polar surface area (TPSA) is 82.6 Å². The molecule has 0 atom stereocenters. The quantitative estimate of drug-likeness (QED) is 0.233. The molecule has 26 heavy (non-hydrogen) atoms. The average Bonchev–Trinajstić information content (AvgIpc) is 3.09. The van der Waals surface area contributed by atoms with E-state index in [4.69, 9.17) is 0 Å². The van der Waals surface area contributed by atoms with Crippen molar-refractivity contribution in [1.29, 1.82) is 0 Å². The number of guanidine groups is 1. The summed E-state index contributed by atoms with van der Waals surface area (Å²) in [4.78, 5) is 5.66. The van der Waals surface area contributed by atoms with E-state index < -0.39 is 10.0 Å². The molecule has 6 nitrogen and oxygen atoms in total. The first-order valence-electron chi connectivity index (χ1n) is 7.96. The van der Waals surface area contributed by atoms with Crippen LogP contribution in [0.1, 0.15) is 16.0 Å². The molecule has 0 aliphatic rings. The molecule has 0 fully saturated rings. The van der Waals surface area contributed by atoms with Crippen LogP contribution in [-0.4, -0.2) is 34.5 Å². The lowest BCUT2D eigenvalue weighted by atomic mass is 10.2. The second-order valence-electron chi connectivity index (χ2n) is 5.60. The van der Waals surface area contributed by atoms with E-state index in [1.165, 1.54) is 4.88 Å². The molecule has 144 valence electrons. The number of halogens is 1. The van der Waals surface area contributed by atoms with E-state index in [0.29, 0.717) is 23.9 Å². The molecule has 0 unspecified atom stereocenters. The summed E-state index contributed by atoms with van der Waals surface area (Å²) in [6.07, 6.45) is 0. The number of hydrogen-bond acceptors (Lipinski definition) is 4. The smallest absolute Gasteiger partial charge is 0.240 e. The third-order valence-electron chi connectivity index (χ3n) is 3.58. The van der Waals surface area contributed by atoms with Crippen molar-refractivity contribution < 1.29 is 8.42 Å². The number of rotatable bonds is 7. The molecule has 3 N–H and O–H groups in total. The fourth-order valence-corrected chi connectivity index (χ4v) is 4.25. The van der Waals surface area contributed by atoms with Crippen LogP contribution in [0.15, 0.2) is 45.6 Å². The van der Waals surface area contributed by atoms with Crippen molar-refractivity contribution >= 4 is 51.3 Å². The zero-order valence-electron chi connectivity index (χ0n) is 15.1. The van der Waals surface area contributed by atoms with Crippen LogP contribution in [-0.2, 0) is 16.6 Å². The molecule has 0 amide bonds. The molecular formula is C17H25IN4O2S2. The highest BCUT2D eigenvalue weighted by molar-refractivity contribution is 14.0. The van der Waals surface area contributed by atoms with Gasteiger partial charge in [-0.25, -0.2) is 13.1 Å². The Kier molecular flexibility index (Phi) is 9.55. The minimum absolute atomic E-state index is 0. The molecule has 2 aromatic rings. The molecule has 0 radical (unpaired) electrons. The summed E-state index contributed by atoms with van der Waals surface area (Å²) in [7, 11) is -1.83. The molecule has 0 saturated carbocycles. The SMILES string of the molecule is CN=C(NCCNS(=O)(=O)c1cc(C)ccc1C)NCc1cccs1.I. The van der Waals surface area contributed by atoms with Gasteiger partial charge in [-0.2, -0.15) is 0 Å². The zero-order chi connectivity index (χ0) is 18.3. The van der Waals surface area contributed by atoms with E-state index in [0.717, 1.165) is 11.1 Å². The lowest BCUT2D eigenvalue weighted by Crippen LogP contribution is -2.41. The molecular weight excluding hydrogens is 483 g/mol. The maximum absolute atomic E-state index is 12.4. The number of aliphatic imine (C=N–C) groups is 1. The molecule has 0 saturated heterocycles. The maximum Gasteiger partial charge on any atom is 0.240 e. The Bertz CT molecular complexity index is 821. The second kappa shape index (κ2) is 10.9. The highest BCUT2D eigenvalue weighted by Gasteiger charge is 2.16. The molecule has 0 aliphatic heterocycles. The summed E-state index contributed by atoms with van der Waals surface area (Å²) in [5.41, 5.74) is 1.65. The second-order valence-corrected chi connectivity index (χ2v) is 8.37. The number of aryl methyl sites for hydroxylation is 2. The number of nitrogens with one attached hydrogen (secondary N) is 3. The standard InChI is InChI=1S/C17H24N4O2S2.HI/c1-13-6-7-14(2)16(11-13)25(22,23)21-9-8-19-17(18-3)20-12-15-5-4-10-24-15;/h4-7,10-11,21H,8-9,12H2,1-3H3,(H2,18,19,20);1H. The molecule has 0 aliphatic carbocycles. The summed E-state index contributed by atoms with van der Waals surface area (Å²) < 4.78 is 27.5. The van der Waals surface area contributed by atoms with E-state index in [1.807, 2.05) is 36.6 Å². The fraction of sp³-hybridized carbons (Fsp3) is 0.353. The molecule has 1 aromatic carbocycles. The van der Waals surface area contributed by atoms with Gasteiger partial charge in [0.15, 0.2) is 5.96 Å². The highest BCUT2D eigenvalue weighted by Crippen LogP contribution is 2.16. The van der Waals surface area contributed by atoms with Crippen LogP contribution in [0, 0.1) is 13.8 Å². The average molecular weight is 508 g/mol. The van der Waals surface area contributed by atoms with Crippen LogP contribution in [0.2, 0.25) is 0 Å². The fourth-order valence-electron chi connectivity index (χ4n) is 2.25. The van der Waals surface area contributed by atoms with Crippen molar-refractivity contribution in [2.75, 3.05) is 20.1 Å². The number of thiophene rings is 1. The largest absolute Gasteiger partial charge is 0.355 e. The Morgan fingerprint density at radius 3 is 2.58 bits per heavy atom. The van der Waals surface area contributed by atoms with Crippen molar-refractivity contribution in [3.05, 3.63) is 51.7 Å². The lowest BCUT2D eigenvalue weighted by molar-refractivity contribution is 0.580. The minimum Gasteiger partial charge on any atom is -0.355 e. The monoisotopic (exact) mass is 508 g/mol. The summed E-state index contributed by atoms with van der Waals surface area (Å²) in [6, 6.07) is 9.45. The molecule has 1 heterocycles. The molecule has 0 bridgehead atoms. The predicted molar refractivity (Wildman–Crippen MR) is 119 cm³/mol. The number of sulfonamides is 1. The highest BCUT2D eigenvalue weighted by atomic mass is 127. The van der Waals surface area contributed by atoms with Gasteiger partial charge < -0.3 is 10.6 Å². The van der Waals surface area contributed by atoms with Crippen LogP contribution in [0.4, 0.5) is 0 Å². The predicted octanol–water partition coefficient (Wildman–Crippen LogP) is 2.63. The van der Waals surface area contributed by atoms with E-state index in [9.17, 15) is 8.42 Å². The van der Waals surface area contributed by atoms with Crippen molar-refractivity contribution in [1.82, 2.24) is 15.4 Å². The summed E-state index contributed by atoms with van der Waals surface area (Å²) >= 11 is 1.67. The number of hydrogen-bond donors (Lipinski definition) is 3. The minimum atomic E-state index is -3.51. The number of benzene rings is 1. The summed E-state index contributed by atoms with van der Waals surface area (Å²) in [6.45, 7) is 5.07. The van der Waals surface area contributed by atoms with Gasteiger partial charge in [0.1, 0.15) is 0 Å². The van der Waals surface area contributed by atoms with Crippen LogP contribution in [0.5, 0.6) is 0 Å². The van der Waals surface area contributed by atoms with Gasteiger partial charge in [0, 0.05) is 25.0 Å². The van der Waals surface area contributed by atoms with Gasteiger partial charge in [0.2, 0.25) is 10.0 Å². The van der Waals surface area contributed by atoms with Gasteiger partial charge >= 0.3 is 0 Å². The molecule has 2 rings (SSSR count). The summed E-state index contributed by atoms with van der Waals surface area (Å²) in [5.74, 6) is 0.638. The Morgan fingerprint density at radius 1 is 1.15 bits per heavy atom. The van der Waals surface area contributed by atoms with Gasteiger partial charge in [-0.15, -0.1) is 35.3 Å². The van der Waals surface area contributed by atoms with E-state index in [1.54, 1.807) is 31.4 Å². The third-order valence-corrected chi connectivity index (χ3v) is 6.06. The van der Waals surface area contributed by atoms with Crippen LogP contribution >= 0.6 is 35.3 Å². The van der Waals surface area contributed by atoms with Gasteiger partial charge in [-0.1, -0.05) is 18.2 Å². The van der Waals surface area contributed by atoms with Crippen LogP contribution in [0.25, 0.3) is 0 Å². The zero-order valence-corrected chi connectivity index (χ0v) is 19.0. The van der Waals surface area contributed by atoms with E-state index in [-0.39, 0.29) is 30.5 Å². The normalized spacial score (nSPS) is 11.7. The lowest BCUT2D eigenvalue weighted by Gasteiger charge is -2.13. The van der Waals surface area contributed by atoms with Gasteiger partial charge in [0.25, 0.3) is 0 Å². The Morgan fingerprint density at radius 2 is 1.92 bits per heavy atom. The van der Waals surface area contributed by atoms with Crippen molar-refractivity contribution in [3.8, 4) is 0 Å². The van der Waals surface area contributed by atoms with E-state index >= 15 is 0 Å². The van der Waals surface area contributed by atoms with Crippen molar-refractivity contribution in [2.24, 2.45) is 4.99 Å². The first-order chi connectivity index (χ1) is 11.9. The molecule has 1 aromatic heterocycles. The Labute approximate surface area is 176 Å².